The third-order valence-corrected chi connectivity index (χ3v) is 7.39. The fraction of sp³-hybridized carbons (Fsp3) is 0.0625. The van der Waals surface area contributed by atoms with Crippen molar-refractivity contribution in [2.45, 2.75) is 11.3 Å². The molecule has 0 aliphatic carbocycles. The van der Waals surface area contributed by atoms with Gasteiger partial charge in [-0.25, -0.2) is 8.42 Å². The van der Waals surface area contributed by atoms with Gasteiger partial charge in [0.15, 0.2) is 0 Å². The summed E-state index contributed by atoms with van der Waals surface area (Å²) in [5.74, 6) is 0. The summed E-state index contributed by atoms with van der Waals surface area (Å²) in [4.78, 5) is 0.928. The molecule has 0 atom stereocenters. The monoisotopic (exact) mass is 402 g/mol. The van der Waals surface area contributed by atoms with E-state index in [1.54, 1.807) is 32.8 Å². The molecular formula is C16H11NaO3S4. The molecule has 8 heteroatoms. The molecule has 2 aromatic carbocycles. The van der Waals surface area contributed by atoms with E-state index in [-0.39, 0.29) is 34.5 Å². The summed E-state index contributed by atoms with van der Waals surface area (Å²) >= 11 is 5.44. The van der Waals surface area contributed by atoms with Gasteiger partial charge in [-0.3, -0.25) is 0 Å². The topological polar surface area (TPSA) is 57.2 Å². The number of rotatable bonds is 4. The Bertz CT molecular complexity index is 974. The predicted molar refractivity (Wildman–Crippen MR) is 95.7 cm³/mol. The fourth-order valence-corrected chi connectivity index (χ4v) is 5.60. The number of benzene rings is 2. The first-order valence-electron chi connectivity index (χ1n) is 6.67. The second kappa shape index (κ2) is 8.33. The molecule has 0 amide bonds. The van der Waals surface area contributed by atoms with Crippen molar-refractivity contribution >= 4 is 43.0 Å². The molecule has 1 heterocycles. The van der Waals surface area contributed by atoms with Crippen molar-refractivity contribution in [3.8, 4) is 10.4 Å². The van der Waals surface area contributed by atoms with E-state index in [0.717, 1.165) is 25.4 Å². The van der Waals surface area contributed by atoms with Gasteiger partial charge in [-0.1, -0.05) is 75.4 Å². The average Bonchev–Trinajstić information content (AvgIpc) is 2.89. The second-order valence-corrected chi connectivity index (χ2v) is 9.10. The summed E-state index contributed by atoms with van der Waals surface area (Å²) in [5.41, 5.74) is 3.11. The van der Waals surface area contributed by atoms with Crippen molar-refractivity contribution in [1.82, 2.24) is 0 Å². The van der Waals surface area contributed by atoms with E-state index in [4.69, 9.17) is 12.2 Å². The van der Waals surface area contributed by atoms with Gasteiger partial charge in [-0.2, -0.15) is 0 Å². The van der Waals surface area contributed by atoms with Crippen molar-refractivity contribution < 1.29 is 42.5 Å². The van der Waals surface area contributed by atoms with Crippen molar-refractivity contribution in [1.29, 1.82) is 0 Å². The van der Waals surface area contributed by atoms with Crippen LogP contribution in [0.4, 0.5) is 0 Å². The minimum atomic E-state index is -4.41. The molecule has 0 radical (unpaired) electrons. The van der Waals surface area contributed by atoms with Crippen LogP contribution in [0.25, 0.3) is 10.4 Å². The standard InChI is InChI=1S/C16H12O3S4.Na/c17-23(18,19)13-8-6-11(7-9-13)10-14-15(21-22-16(14)20)12-4-2-1-3-5-12;/h1-9H,10H2,(H,17,18,19);/q;+1/p-1. The predicted octanol–water partition coefficient (Wildman–Crippen LogP) is 1.70. The van der Waals surface area contributed by atoms with Gasteiger partial charge in [-0.15, -0.1) is 0 Å². The molecule has 0 saturated carbocycles. The van der Waals surface area contributed by atoms with Crippen LogP contribution in [-0.2, 0) is 16.5 Å². The molecule has 1 aromatic heterocycles. The molecule has 0 unspecified atom stereocenters. The molecule has 0 aliphatic heterocycles. The maximum absolute atomic E-state index is 11.0. The van der Waals surface area contributed by atoms with Crippen molar-refractivity contribution in [3.63, 3.8) is 0 Å². The van der Waals surface area contributed by atoms with Gasteiger partial charge in [0.25, 0.3) is 0 Å². The second-order valence-electron chi connectivity index (χ2n) is 4.90. The van der Waals surface area contributed by atoms with Gasteiger partial charge in [0.2, 0.25) is 0 Å². The molecule has 0 saturated heterocycles. The van der Waals surface area contributed by atoms with Gasteiger partial charge in [0, 0.05) is 12.0 Å². The van der Waals surface area contributed by atoms with Crippen molar-refractivity contribution in [2.75, 3.05) is 0 Å². The molecule has 3 rings (SSSR count). The Morgan fingerprint density at radius 1 is 0.958 bits per heavy atom. The number of hydrogen-bond acceptors (Lipinski definition) is 6. The molecule has 0 fully saturated rings. The number of hydrogen-bond donors (Lipinski definition) is 0. The molecular weight excluding hydrogens is 391 g/mol. The van der Waals surface area contributed by atoms with Gasteiger partial charge < -0.3 is 4.55 Å². The van der Waals surface area contributed by atoms with E-state index < -0.39 is 10.1 Å². The molecule has 118 valence electrons. The van der Waals surface area contributed by atoms with E-state index in [1.165, 1.54) is 12.1 Å². The van der Waals surface area contributed by atoms with Gasteiger partial charge in [0.05, 0.1) is 9.77 Å². The van der Waals surface area contributed by atoms with Crippen molar-refractivity contribution in [3.05, 3.63) is 69.5 Å². The molecule has 24 heavy (non-hydrogen) atoms. The first kappa shape index (κ1) is 19.9. The smallest absolute Gasteiger partial charge is 0.744 e. The van der Waals surface area contributed by atoms with Crippen LogP contribution in [0.5, 0.6) is 0 Å². The SMILES string of the molecule is O=S(=O)([O-])c1ccc(Cc2c(-c3ccccc3)ssc2=S)cc1.[Na+]. The zero-order valence-corrected chi connectivity index (χ0v) is 18.0. The molecule has 3 aromatic rings. The Kier molecular flexibility index (Phi) is 6.92. The van der Waals surface area contributed by atoms with E-state index in [1.807, 2.05) is 30.3 Å². The largest absolute Gasteiger partial charge is 1.00 e. The van der Waals surface area contributed by atoms with Gasteiger partial charge in [0.1, 0.15) is 13.9 Å². The Hall–Kier alpha value is -0.380. The summed E-state index contributed by atoms with van der Waals surface area (Å²) in [5, 5.41) is 0. The first-order chi connectivity index (χ1) is 10.9. The van der Waals surface area contributed by atoms with E-state index in [2.05, 4.69) is 0 Å². The fourth-order valence-electron chi connectivity index (χ4n) is 2.22. The summed E-state index contributed by atoms with van der Waals surface area (Å²) in [6.07, 6.45) is 0.613. The Labute approximate surface area is 175 Å². The van der Waals surface area contributed by atoms with Crippen molar-refractivity contribution in [2.24, 2.45) is 0 Å². The third-order valence-electron chi connectivity index (χ3n) is 3.35. The normalized spacial score (nSPS) is 11.0. The quantitative estimate of drug-likeness (QED) is 0.289. The maximum atomic E-state index is 11.0. The third kappa shape index (κ3) is 4.62. The molecule has 0 bridgehead atoms. The van der Waals surface area contributed by atoms with E-state index >= 15 is 0 Å². The molecule has 0 N–H and O–H groups in total. The zero-order valence-electron chi connectivity index (χ0n) is 12.8. The van der Waals surface area contributed by atoms with Crippen LogP contribution in [0.1, 0.15) is 11.1 Å². The zero-order chi connectivity index (χ0) is 16.4. The minimum Gasteiger partial charge on any atom is -0.744 e. The summed E-state index contributed by atoms with van der Waals surface area (Å²) in [7, 11) is -1.20. The summed E-state index contributed by atoms with van der Waals surface area (Å²) < 4.78 is 33.8. The van der Waals surface area contributed by atoms with E-state index in [9.17, 15) is 13.0 Å². The Balaban J connectivity index is 0.00000208. The van der Waals surface area contributed by atoms with E-state index in [0.29, 0.717) is 6.42 Å². The van der Waals surface area contributed by atoms with Crippen LogP contribution in [0.2, 0.25) is 0 Å². The maximum Gasteiger partial charge on any atom is 1.00 e. The molecule has 0 aliphatic rings. The van der Waals surface area contributed by atoms with Crippen LogP contribution >= 0.6 is 32.9 Å². The van der Waals surface area contributed by atoms with Crippen LogP contribution in [-0.4, -0.2) is 13.0 Å². The van der Waals surface area contributed by atoms with Crippen LogP contribution in [0, 0.1) is 3.82 Å². The molecule has 0 spiro atoms. The summed E-state index contributed by atoms with van der Waals surface area (Å²) in [6.45, 7) is 0. The van der Waals surface area contributed by atoms with Crippen LogP contribution in [0.15, 0.2) is 59.5 Å². The van der Waals surface area contributed by atoms with Crippen LogP contribution in [0.3, 0.4) is 0 Å². The van der Waals surface area contributed by atoms with Crippen LogP contribution < -0.4 is 29.6 Å². The Morgan fingerprint density at radius 2 is 1.58 bits per heavy atom. The molecule has 3 nitrogen and oxygen atoms in total. The van der Waals surface area contributed by atoms with Gasteiger partial charge in [-0.05, 0) is 23.3 Å². The Morgan fingerprint density at radius 3 is 2.17 bits per heavy atom. The minimum absolute atomic E-state index is 0. The summed E-state index contributed by atoms with van der Waals surface area (Å²) in [6, 6.07) is 16.1. The average molecular weight is 403 g/mol. The first-order valence-corrected chi connectivity index (χ1v) is 10.6. The van der Waals surface area contributed by atoms with Gasteiger partial charge >= 0.3 is 29.6 Å².